The molecule has 0 spiro atoms. The van der Waals surface area contributed by atoms with Crippen molar-refractivity contribution in [3.8, 4) is 11.5 Å². The molecule has 1 aromatic heterocycles. The Morgan fingerprint density at radius 3 is 2.87 bits per heavy atom. The van der Waals surface area contributed by atoms with Crippen molar-refractivity contribution in [1.29, 1.82) is 0 Å². The molecule has 0 aliphatic rings. The van der Waals surface area contributed by atoms with Crippen molar-refractivity contribution in [2.45, 2.75) is 10.9 Å². The normalized spacial score (nSPS) is 10.9. The quantitative estimate of drug-likeness (QED) is 0.216. The van der Waals surface area contributed by atoms with Gasteiger partial charge in [-0.15, -0.1) is 10.2 Å². The third-order valence-corrected chi connectivity index (χ3v) is 6.64. The van der Waals surface area contributed by atoms with Crippen molar-refractivity contribution in [2.24, 2.45) is 5.10 Å². The SMILES string of the molecule is COc1cc(C=NNC(=O)CSc2nnc(N)s2)cc(Br)c1OCc1cccc(Br)c1. The van der Waals surface area contributed by atoms with Crippen LogP contribution in [0.15, 0.2) is 54.8 Å². The summed E-state index contributed by atoms with van der Waals surface area (Å²) in [5.41, 5.74) is 9.73. The lowest BCUT2D eigenvalue weighted by molar-refractivity contribution is -0.118. The number of amides is 1. The predicted octanol–water partition coefficient (Wildman–Crippen LogP) is 4.48. The second kappa shape index (κ2) is 11.5. The molecular formula is C19H17Br2N5O3S2. The molecule has 3 aromatic rings. The van der Waals surface area contributed by atoms with Gasteiger partial charge < -0.3 is 15.2 Å². The Labute approximate surface area is 203 Å². The maximum absolute atomic E-state index is 11.9. The van der Waals surface area contributed by atoms with Crippen LogP contribution in [0.2, 0.25) is 0 Å². The number of methoxy groups -OCH3 is 1. The number of hydrazone groups is 1. The summed E-state index contributed by atoms with van der Waals surface area (Å²) >= 11 is 9.43. The van der Waals surface area contributed by atoms with Crippen molar-refractivity contribution >= 4 is 72.2 Å². The second-order valence-electron chi connectivity index (χ2n) is 5.94. The van der Waals surface area contributed by atoms with Crippen LogP contribution in [0.4, 0.5) is 5.13 Å². The lowest BCUT2D eigenvalue weighted by Crippen LogP contribution is -2.19. The molecule has 0 aliphatic carbocycles. The number of aromatic nitrogens is 2. The van der Waals surface area contributed by atoms with Gasteiger partial charge in [0, 0.05) is 4.47 Å². The number of hydrogen-bond acceptors (Lipinski definition) is 9. The average Bonchev–Trinajstić information content (AvgIpc) is 3.16. The second-order valence-corrected chi connectivity index (χ2v) is 9.94. The zero-order valence-electron chi connectivity index (χ0n) is 16.2. The number of nitrogens with zero attached hydrogens (tertiary/aromatic N) is 3. The molecule has 0 saturated heterocycles. The molecule has 1 amide bonds. The molecule has 0 unspecified atom stereocenters. The van der Waals surface area contributed by atoms with E-state index in [4.69, 9.17) is 15.2 Å². The first-order valence-corrected chi connectivity index (χ1v) is 12.1. The van der Waals surface area contributed by atoms with Gasteiger partial charge in [-0.05, 0) is 51.3 Å². The van der Waals surface area contributed by atoms with E-state index in [1.54, 1.807) is 13.2 Å². The van der Waals surface area contributed by atoms with Gasteiger partial charge in [0.05, 0.1) is 23.5 Å². The first-order valence-electron chi connectivity index (χ1n) is 8.73. The van der Waals surface area contributed by atoms with Crippen LogP contribution in [0.25, 0.3) is 0 Å². The minimum absolute atomic E-state index is 0.154. The largest absolute Gasteiger partial charge is 0.493 e. The summed E-state index contributed by atoms with van der Waals surface area (Å²) in [6.07, 6.45) is 1.52. The van der Waals surface area contributed by atoms with Gasteiger partial charge in [0.1, 0.15) is 6.61 Å². The maximum atomic E-state index is 11.9. The molecule has 0 bridgehead atoms. The Hall–Kier alpha value is -2.15. The highest BCUT2D eigenvalue weighted by Gasteiger charge is 2.12. The van der Waals surface area contributed by atoms with E-state index >= 15 is 0 Å². The number of nitrogen functional groups attached to an aromatic ring is 1. The Balaban J connectivity index is 1.58. The lowest BCUT2D eigenvalue weighted by atomic mass is 10.2. The van der Waals surface area contributed by atoms with Gasteiger partial charge >= 0.3 is 0 Å². The molecule has 3 N–H and O–H groups in total. The fourth-order valence-corrected chi connectivity index (χ4v) is 4.80. The summed E-state index contributed by atoms with van der Waals surface area (Å²) in [6.45, 7) is 0.385. The Kier molecular flexibility index (Phi) is 8.69. The van der Waals surface area contributed by atoms with E-state index < -0.39 is 0 Å². The van der Waals surface area contributed by atoms with Crippen molar-refractivity contribution in [2.75, 3.05) is 18.6 Å². The van der Waals surface area contributed by atoms with Crippen LogP contribution >= 0.6 is 55.0 Å². The summed E-state index contributed by atoms with van der Waals surface area (Å²) in [5, 5.41) is 11.9. The van der Waals surface area contributed by atoms with Gasteiger partial charge in [0.2, 0.25) is 5.13 Å². The Bertz CT molecular complexity index is 1090. The van der Waals surface area contributed by atoms with Gasteiger partial charge in [0.25, 0.3) is 5.91 Å². The molecule has 31 heavy (non-hydrogen) atoms. The molecule has 0 atom stereocenters. The van der Waals surface area contributed by atoms with E-state index in [0.717, 1.165) is 15.6 Å². The zero-order chi connectivity index (χ0) is 22.2. The number of carbonyl (C=O) groups is 1. The van der Waals surface area contributed by atoms with E-state index in [9.17, 15) is 4.79 Å². The molecule has 0 radical (unpaired) electrons. The first kappa shape index (κ1) is 23.5. The van der Waals surface area contributed by atoms with Crippen molar-refractivity contribution in [3.05, 3.63) is 56.5 Å². The number of benzene rings is 2. The van der Waals surface area contributed by atoms with Crippen LogP contribution in [0, 0.1) is 0 Å². The molecule has 8 nitrogen and oxygen atoms in total. The number of hydrogen-bond donors (Lipinski definition) is 2. The molecule has 2 aromatic carbocycles. The molecule has 1 heterocycles. The third kappa shape index (κ3) is 7.20. The van der Waals surface area contributed by atoms with Crippen LogP contribution in [0.5, 0.6) is 11.5 Å². The van der Waals surface area contributed by atoms with E-state index in [2.05, 4.69) is 52.6 Å². The number of ether oxygens (including phenoxy) is 2. The van der Waals surface area contributed by atoms with Crippen LogP contribution < -0.4 is 20.6 Å². The van der Waals surface area contributed by atoms with Gasteiger partial charge in [-0.2, -0.15) is 5.10 Å². The number of halogens is 2. The van der Waals surface area contributed by atoms with Crippen LogP contribution in [-0.4, -0.2) is 35.2 Å². The van der Waals surface area contributed by atoms with Gasteiger partial charge in [-0.25, -0.2) is 5.43 Å². The minimum Gasteiger partial charge on any atom is -0.493 e. The van der Waals surface area contributed by atoms with Crippen LogP contribution in [-0.2, 0) is 11.4 Å². The van der Waals surface area contributed by atoms with E-state index in [1.807, 2.05) is 30.3 Å². The van der Waals surface area contributed by atoms with Gasteiger partial charge in [-0.1, -0.05) is 51.2 Å². The number of thioether (sulfide) groups is 1. The summed E-state index contributed by atoms with van der Waals surface area (Å²) in [4.78, 5) is 11.9. The van der Waals surface area contributed by atoms with E-state index in [-0.39, 0.29) is 11.7 Å². The molecule has 0 fully saturated rings. The number of rotatable bonds is 9. The number of anilines is 1. The first-order chi connectivity index (χ1) is 14.9. The summed E-state index contributed by atoms with van der Waals surface area (Å²) in [6, 6.07) is 11.5. The van der Waals surface area contributed by atoms with E-state index in [0.29, 0.717) is 32.0 Å². The van der Waals surface area contributed by atoms with Gasteiger partial charge in [-0.3, -0.25) is 4.79 Å². The van der Waals surface area contributed by atoms with Crippen molar-refractivity contribution in [3.63, 3.8) is 0 Å². The number of carbonyl (C=O) groups excluding carboxylic acids is 1. The van der Waals surface area contributed by atoms with Gasteiger partial charge in [0.15, 0.2) is 15.8 Å². The Morgan fingerprint density at radius 2 is 2.16 bits per heavy atom. The summed E-state index contributed by atoms with van der Waals surface area (Å²) < 4.78 is 13.7. The minimum atomic E-state index is -0.268. The molecule has 0 saturated carbocycles. The summed E-state index contributed by atoms with van der Waals surface area (Å²) in [7, 11) is 1.56. The molecular weight excluding hydrogens is 570 g/mol. The lowest BCUT2D eigenvalue weighted by Gasteiger charge is -2.13. The number of nitrogens with one attached hydrogen (secondary N) is 1. The zero-order valence-corrected chi connectivity index (χ0v) is 21.0. The van der Waals surface area contributed by atoms with Crippen molar-refractivity contribution in [1.82, 2.24) is 15.6 Å². The average molecular weight is 587 g/mol. The summed E-state index contributed by atoms with van der Waals surface area (Å²) in [5.74, 6) is 1.01. The maximum Gasteiger partial charge on any atom is 0.250 e. The standard InChI is InChI=1S/C19H17Br2N5O3S2/c1-28-15-7-12(8-23-24-16(27)10-30-19-26-25-18(22)31-19)6-14(21)17(15)29-9-11-3-2-4-13(20)5-11/h2-8H,9-10H2,1H3,(H2,22,25)(H,24,27). The Morgan fingerprint density at radius 1 is 1.32 bits per heavy atom. The molecule has 3 rings (SSSR count). The highest BCUT2D eigenvalue weighted by atomic mass is 79.9. The molecule has 0 aliphatic heterocycles. The van der Waals surface area contributed by atoms with Crippen molar-refractivity contribution < 1.29 is 14.3 Å². The molecule has 12 heteroatoms. The predicted molar refractivity (Wildman–Crippen MR) is 130 cm³/mol. The third-order valence-electron chi connectivity index (χ3n) is 3.68. The van der Waals surface area contributed by atoms with E-state index in [1.165, 1.54) is 29.3 Å². The monoisotopic (exact) mass is 585 g/mol. The van der Waals surface area contributed by atoms with Crippen LogP contribution in [0.3, 0.4) is 0 Å². The number of nitrogens with two attached hydrogens (primary N) is 1. The van der Waals surface area contributed by atoms with Crippen LogP contribution in [0.1, 0.15) is 11.1 Å². The highest BCUT2D eigenvalue weighted by molar-refractivity contribution is 9.10. The molecule has 162 valence electrons. The fraction of sp³-hybridized carbons (Fsp3) is 0.158. The fourth-order valence-electron chi connectivity index (χ4n) is 2.35. The highest BCUT2D eigenvalue weighted by Crippen LogP contribution is 2.37. The topological polar surface area (TPSA) is 112 Å². The smallest absolute Gasteiger partial charge is 0.250 e.